The normalized spacial score (nSPS) is 10.9. The van der Waals surface area contributed by atoms with Gasteiger partial charge in [-0.3, -0.25) is 0 Å². The van der Waals surface area contributed by atoms with Crippen molar-refractivity contribution in [1.29, 1.82) is 0 Å². The molecule has 0 radical (unpaired) electrons. The number of hydrogen-bond donors (Lipinski definition) is 1. The van der Waals surface area contributed by atoms with Gasteiger partial charge < -0.3 is 5.32 Å². The number of aromatic nitrogens is 2. The lowest BCUT2D eigenvalue weighted by molar-refractivity contribution is 0.607. The Labute approximate surface area is 117 Å². The van der Waals surface area contributed by atoms with Gasteiger partial charge in [0.25, 0.3) is 0 Å². The molecule has 0 saturated heterocycles. The number of nitrogens with one attached hydrogen (secondary N) is 1. The van der Waals surface area contributed by atoms with Gasteiger partial charge in [-0.15, -0.1) is 0 Å². The molecule has 0 aliphatic heterocycles. The maximum absolute atomic E-state index is 12.8. The maximum atomic E-state index is 12.8. The van der Waals surface area contributed by atoms with Gasteiger partial charge in [-0.2, -0.15) is 4.37 Å². The molecule has 1 N–H and O–H groups in total. The molecule has 1 heterocycles. The van der Waals surface area contributed by atoms with Crippen molar-refractivity contribution in [2.75, 3.05) is 11.9 Å². The van der Waals surface area contributed by atoms with Crippen molar-refractivity contribution in [1.82, 2.24) is 9.36 Å². The molecule has 19 heavy (non-hydrogen) atoms. The van der Waals surface area contributed by atoms with Crippen molar-refractivity contribution >= 4 is 16.7 Å². The topological polar surface area (TPSA) is 37.8 Å². The first-order valence-corrected chi connectivity index (χ1v) is 7.21. The zero-order valence-electron chi connectivity index (χ0n) is 11.2. The Bertz CT molecular complexity index is 508. The first-order valence-electron chi connectivity index (χ1n) is 6.44. The van der Waals surface area contributed by atoms with Gasteiger partial charge in [0.1, 0.15) is 11.6 Å². The van der Waals surface area contributed by atoms with Gasteiger partial charge in [0.05, 0.1) is 0 Å². The lowest BCUT2D eigenvalue weighted by atomic mass is 10.1. The maximum Gasteiger partial charge on any atom is 0.202 e. The molecule has 0 atom stereocenters. The summed E-state index contributed by atoms with van der Waals surface area (Å²) in [6.45, 7) is 5.31. The SMILES string of the molecule is CC(C)CCNc1nc(Cc2ccc(F)cc2)ns1. The average Bonchev–Trinajstić information content (AvgIpc) is 2.79. The molecule has 0 amide bonds. The van der Waals surface area contributed by atoms with E-state index in [4.69, 9.17) is 0 Å². The Morgan fingerprint density at radius 3 is 2.68 bits per heavy atom. The summed E-state index contributed by atoms with van der Waals surface area (Å²) in [6, 6.07) is 6.46. The predicted octanol–water partition coefficient (Wildman–Crippen LogP) is 3.73. The molecule has 0 spiro atoms. The van der Waals surface area contributed by atoms with Crippen LogP contribution in [-0.4, -0.2) is 15.9 Å². The minimum atomic E-state index is -0.217. The van der Waals surface area contributed by atoms with Crippen LogP contribution < -0.4 is 5.32 Å². The molecule has 2 rings (SSSR count). The van der Waals surface area contributed by atoms with Gasteiger partial charge in [0, 0.05) is 24.5 Å². The molecule has 0 saturated carbocycles. The van der Waals surface area contributed by atoms with Gasteiger partial charge in [-0.05, 0) is 30.0 Å². The Morgan fingerprint density at radius 1 is 1.26 bits per heavy atom. The molecule has 1 aromatic heterocycles. The number of hydrogen-bond acceptors (Lipinski definition) is 4. The largest absolute Gasteiger partial charge is 0.360 e. The number of rotatable bonds is 6. The summed E-state index contributed by atoms with van der Waals surface area (Å²) in [6.07, 6.45) is 1.76. The van der Waals surface area contributed by atoms with Crippen LogP contribution in [0.2, 0.25) is 0 Å². The van der Waals surface area contributed by atoms with Crippen molar-refractivity contribution < 1.29 is 4.39 Å². The summed E-state index contributed by atoms with van der Waals surface area (Å²) < 4.78 is 17.1. The van der Waals surface area contributed by atoms with Crippen molar-refractivity contribution in [2.24, 2.45) is 5.92 Å². The van der Waals surface area contributed by atoms with E-state index >= 15 is 0 Å². The predicted molar refractivity (Wildman–Crippen MR) is 77.1 cm³/mol. The average molecular weight is 279 g/mol. The smallest absolute Gasteiger partial charge is 0.202 e. The summed E-state index contributed by atoms with van der Waals surface area (Å²) in [5.74, 6) is 1.24. The van der Waals surface area contributed by atoms with Crippen LogP contribution in [0.1, 0.15) is 31.7 Å². The monoisotopic (exact) mass is 279 g/mol. The molecular weight excluding hydrogens is 261 g/mol. The quantitative estimate of drug-likeness (QED) is 0.875. The molecule has 0 unspecified atom stereocenters. The molecule has 0 fully saturated rings. The summed E-state index contributed by atoms with van der Waals surface area (Å²) in [4.78, 5) is 4.43. The first-order chi connectivity index (χ1) is 9.13. The highest BCUT2D eigenvalue weighted by Crippen LogP contribution is 2.15. The van der Waals surface area contributed by atoms with Crippen LogP contribution in [-0.2, 0) is 6.42 Å². The highest BCUT2D eigenvalue weighted by atomic mass is 32.1. The minimum absolute atomic E-state index is 0.217. The van der Waals surface area contributed by atoms with Gasteiger partial charge in [0.2, 0.25) is 5.13 Å². The summed E-state index contributed by atoms with van der Waals surface area (Å²) in [7, 11) is 0. The summed E-state index contributed by atoms with van der Waals surface area (Å²) in [5, 5.41) is 4.14. The van der Waals surface area contributed by atoms with Crippen LogP contribution in [0, 0.1) is 11.7 Å². The first kappa shape index (κ1) is 13.9. The van der Waals surface area contributed by atoms with Crippen LogP contribution in [0.4, 0.5) is 9.52 Å². The molecule has 0 aliphatic rings. The van der Waals surface area contributed by atoms with E-state index in [9.17, 15) is 4.39 Å². The van der Waals surface area contributed by atoms with Crippen molar-refractivity contribution in [3.05, 3.63) is 41.5 Å². The molecule has 0 aliphatic carbocycles. The van der Waals surface area contributed by atoms with Crippen LogP contribution in [0.3, 0.4) is 0 Å². The Kier molecular flexibility index (Phi) is 4.85. The number of anilines is 1. The van der Waals surface area contributed by atoms with E-state index in [1.54, 1.807) is 12.1 Å². The Balaban J connectivity index is 1.88. The van der Waals surface area contributed by atoms with Gasteiger partial charge in [-0.1, -0.05) is 26.0 Å². The minimum Gasteiger partial charge on any atom is -0.360 e. The molecule has 102 valence electrons. The molecule has 2 aromatic rings. The highest BCUT2D eigenvalue weighted by Gasteiger charge is 2.05. The van der Waals surface area contributed by atoms with E-state index < -0.39 is 0 Å². The van der Waals surface area contributed by atoms with E-state index in [1.165, 1.54) is 23.7 Å². The van der Waals surface area contributed by atoms with E-state index in [0.717, 1.165) is 29.5 Å². The van der Waals surface area contributed by atoms with E-state index in [1.807, 2.05) is 0 Å². The number of halogens is 1. The Morgan fingerprint density at radius 2 is 2.00 bits per heavy atom. The van der Waals surface area contributed by atoms with Gasteiger partial charge in [-0.25, -0.2) is 9.37 Å². The number of benzene rings is 1. The van der Waals surface area contributed by atoms with E-state index in [2.05, 4.69) is 28.5 Å². The molecule has 5 heteroatoms. The molecule has 0 bridgehead atoms. The second-order valence-corrected chi connectivity index (χ2v) is 5.68. The third-order valence-corrected chi connectivity index (χ3v) is 3.45. The van der Waals surface area contributed by atoms with Gasteiger partial charge in [0.15, 0.2) is 0 Å². The van der Waals surface area contributed by atoms with E-state index in [0.29, 0.717) is 12.3 Å². The molecular formula is C14H18FN3S. The highest BCUT2D eigenvalue weighted by molar-refractivity contribution is 7.09. The zero-order valence-corrected chi connectivity index (χ0v) is 12.0. The standard InChI is InChI=1S/C14H18FN3S/c1-10(2)7-8-16-14-17-13(18-19-14)9-11-3-5-12(15)6-4-11/h3-6,10H,7-9H2,1-2H3,(H,16,17,18). The van der Waals surface area contributed by atoms with Crippen LogP contribution in [0.5, 0.6) is 0 Å². The summed E-state index contributed by atoms with van der Waals surface area (Å²) in [5.41, 5.74) is 1.02. The third-order valence-electron chi connectivity index (χ3n) is 2.74. The second-order valence-electron chi connectivity index (χ2n) is 4.93. The molecule has 1 aromatic carbocycles. The lowest BCUT2D eigenvalue weighted by Gasteiger charge is -2.04. The van der Waals surface area contributed by atoms with Crippen LogP contribution in [0.15, 0.2) is 24.3 Å². The third kappa shape index (κ3) is 4.59. The fourth-order valence-electron chi connectivity index (χ4n) is 1.65. The number of nitrogens with zero attached hydrogens (tertiary/aromatic N) is 2. The van der Waals surface area contributed by atoms with Crippen molar-refractivity contribution in [3.8, 4) is 0 Å². The van der Waals surface area contributed by atoms with E-state index in [-0.39, 0.29) is 5.82 Å². The van der Waals surface area contributed by atoms with Crippen LogP contribution >= 0.6 is 11.5 Å². The summed E-state index contributed by atoms with van der Waals surface area (Å²) >= 11 is 1.38. The second kappa shape index (κ2) is 6.61. The van der Waals surface area contributed by atoms with Gasteiger partial charge >= 0.3 is 0 Å². The van der Waals surface area contributed by atoms with Crippen molar-refractivity contribution in [2.45, 2.75) is 26.7 Å². The van der Waals surface area contributed by atoms with Crippen molar-refractivity contribution in [3.63, 3.8) is 0 Å². The van der Waals surface area contributed by atoms with Crippen LogP contribution in [0.25, 0.3) is 0 Å². The fraction of sp³-hybridized carbons (Fsp3) is 0.429. The fourth-order valence-corrected chi connectivity index (χ4v) is 2.26. The zero-order chi connectivity index (χ0) is 13.7. The Hall–Kier alpha value is -1.49. The lowest BCUT2D eigenvalue weighted by Crippen LogP contribution is -2.04. The molecule has 3 nitrogen and oxygen atoms in total.